The quantitative estimate of drug-likeness (QED) is 0.257. The lowest BCUT2D eigenvalue weighted by atomic mass is 10.2. The van der Waals surface area contributed by atoms with Crippen LogP contribution in [-0.4, -0.2) is 29.5 Å². The predicted octanol–water partition coefficient (Wildman–Crippen LogP) is 5.86. The van der Waals surface area contributed by atoms with Crippen molar-refractivity contribution in [1.29, 1.82) is 0 Å². The second kappa shape index (κ2) is 10.3. The molecule has 5 aromatic rings. The van der Waals surface area contributed by atoms with E-state index in [2.05, 4.69) is 78.1 Å². The van der Waals surface area contributed by atoms with Crippen molar-refractivity contribution in [1.82, 2.24) is 29.5 Å². The summed E-state index contributed by atoms with van der Waals surface area (Å²) in [5.41, 5.74) is 4.66. The highest BCUT2D eigenvalue weighted by Gasteiger charge is 2.13. The minimum absolute atomic E-state index is 0.835. The van der Waals surface area contributed by atoms with Crippen LogP contribution in [0.4, 0.5) is 0 Å². The molecule has 0 saturated carbocycles. The predicted molar refractivity (Wildman–Crippen MR) is 138 cm³/mol. The average molecular weight is 485 g/mol. The SMILES string of the molecule is Cn1c(SCc2cccc(CSc3nnc(-c4ccccc4)n3C)c2)nnc1-c1ccccc1. The molecule has 2 aromatic heterocycles. The molecule has 0 unspecified atom stereocenters. The maximum absolute atomic E-state index is 4.40. The molecule has 6 nitrogen and oxygen atoms in total. The van der Waals surface area contributed by atoms with Crippen molar-refractivity contribution >= 4 is 23.5 Å². The van der Waals surface area contributed by atoms with Gasteiger partial charge in [-0.2, -0.15) is 0 Å². The summed E-state index contributed by atoms with van der Waals surface area (Å²) in [5, 5.41) is 19.4. The zero-order valence-corrected chi connectivity index (χ0v) is 20.6. The normalized spacial score (nSPS) is 11.1. The lowest BCUT2D eigenvalue weighted by molar-refractivity contribution is 0.793. The Kier molecular flexibility index (Phi) is 6.78. The summed E-state index contributed by atoms with van der Waals surface area (Å²) in [6.07, 6.45) is 0. The fourth-order valence-electron chi connectivity index (χ4n) is 3.66. The van der Waals surface area contributed by atoms with Gasteiger partial charge in [-0.3, -0.25) is 0 Å². The molecule has 0 aliphatic heterocycles. The van der Waals surface area contributed by atoms with Crippen LogP contribution in [0.25, 0.3) is 22.8 Å². The zero-order chi connectivity index (χ0) is 23.3. The number of nitrogens with zero attached hydrogens (tertiary/aromatic N) is 6. The van der Waals surface area contributed by atoms with Crippen LogP contribution in [0, 0.1) is 0 Å². The first-order chi connectivity index (χ1) is 16.7. The van der Waals surface area contributed by atoms with E-state index in [0.29, 0.717) is 0 Å². The molecule has 5 rings (SSSR count). The summed E-state index contributed by atoms with van der Waals surface area (Å²) in [6.45, 7) is 0. The van der Waals surface area contributed by atoms with E-state index < -0.39 is 0 Å². The van der Waals surface area contributed by atoms with Crippen molar-refractivity contribution in [2.24, 2.45) is 14.1 Å². The molecule has 0 fully saturated rings. The minimum Gasteiger partial charge on any atom is -0.305 e. The Balaban J connectivity index is 1.22. The molecule has 0 aliphatic rings. The highest BCUT2D eigenvalue weighted by Crippen LogP contribution is 2.28. The monoisotopic (exact) mass is 484 g/mol. The van der Waals surface area contributed by atoms with Crippen LogP contribution in [0.15, 0.2) is 95.2 Å². The van der Waals surface area contributed by atoms with Crippen LogP contribution < -0.4 is 0 Å². The topological polar surface area (TPSA) is 61.4 Å². The van der Waals surface area contributed by atoms with E-state index in [4.69, 9.17) is 0 Å². The average Bonchev–Trinajstić information content (AvgIpc) is 3.44. The lowest BCUT2D eigenvalue weighted by Gasteiger charge is -2.07. The van der Waals surface area contributed by atoms with E-state index in [9.17, 15) is 0 Å². The van der Waals surface area contributed by atoms with Gasteiger partial charge in [0.15, 0.2) is 22.0 Å². The van der Waals surface area contributed by atoms with Gasteiger partial charge in [0.2, 0.25) is 0 Å². The van der Waals surface area contributed by atoms with Crippen molar-refractivity contribution < 1.29 is 0 Å². The van der Waals surface area contributed by atoms with Crippen LogP contribution in [0.2, 0.25) is 0 Å². The summed E-state index contributed by atoms with van der Waals surface area (Å²) in [4.78, 5) is 0. The van der Waals surface area contributed by atoms with Crippen molar-refractivity contribution in [2.75, 3.05) is 0 Å². The highest BCUT2D eigenvalue weighted by atomic mass is 32.2. The van der Waals surface area contributed by atoms with Crippen molar-refractivity contribution in [2.45, 2.75) is 21.8 Å². The third kappa shape index (κ3) is 4.93. The molecule has 0 radical (unpaired) electrons. The Labute approximate surface area is 207 Å². The summed E-state index contributed by atoms with van der Waals surface area (Å²) < 4.78 is 4.11. The van der Waals surface area contributed by atoms with Crippen LogP contribution in [-0.2, 0) is 25.6 Å². The van der Waals surface area contributed by atoms with Gasteiger partial charge < -0.3 is 9.13 Å². The summed E-state index contributed by atoms with van der Waals surface area (Å²) >= 11 is 3.40. The van der Waals surface area contributed by atoms with Crippen LogP contribution in [0.3, 0.4) is 0 Å². The Morgan fingerprint density at radius 2 is 1.00 bits per heavy atom. The zero-order valence-electron chi connectivity index (χ0n) is 19.0. The number of benzene rings is 3. The minimum atomic E-state index is 0.835. The van der Waals surface area contributed by atoms with Gasteiger partial charge >= 0.3 is 0 Å². The molecular formula is C26H24N6S2. The first-order valence-electron chi connectivity index (χ1n) is 10.9. The largest absolute Gasteiger partial charge is 0.305 e. The number of hydrogen-bond acceptors (Lipinski definition) is 6. The van der Waals surface area contributed by atoms with Crippen LogP contribution in [0.5, 0.6) is 0 Å². The smallest absolute Gasteiger partial charge is 0.191 e. The highest BCUT2D eigenvalue weighted by molar-refractivity contribution is 7.98. The Morgan fingerprint density at radius 3 is 1.44 bits per heavy atom. The summed E-state index contributed by atoms with van der Waals surface area (Å²) in [6, 6.07) is 29.0. The van der Waals surface area contributed by atoms with Gasteiger partial charge in [-0.25, -0.2) is 0 Å². The van der Waals surface area contributed by atoms with Crippen LogP contribution >= 0.6 is 23.5 Å². The van der Waals surface area contributed by atoms with E-state index in [1.807, 2.05) is 50.5 Å². The molecular weight excluding hydrogens is 460 g/mol. The third-order valence-corrected chi connectivity index (χ3v) is 7.64. The van der Waals surface area contributed by atoms with Crippen LogP contribution in [0.1, 0.15) is 11.1 Å². The fraction of sp³-hybridized carbons (Fsp3) is 0.154. The molecule has 0 saturated heterocycles. The Bertz CT molecular complexity index is 1280. The molecule has 170 valence electrons. The number of thioether (sulfide) groups is 2. The Hall–Kier alpha value is -3.36. The summed E-state index contributed by atoms with van der Waals surface area (Å²) in [5.74, 6) is 3.43. The van der Waals surface area contributed by atoms with E-state index in [0.717, 1.165) is 44.6 Å². The van der Waals surface area contributed by atoms with Gasteiger partial charge in [-0.1, -0.05) is 108 Å². The molecule has 0 atom stereocenters. The van der Waals surface area contributed by atoms with Crippen molar-refractivity contribution in [3.05, 3.63) is 96.1 Å². The van der Waals surface area contributed by atoms with E-state index in [-0.39, 0.29) is 0 Å². The van der Waals surface area contributed by atoms with Gasteiger partial charge in [0.25, 0.3) is 0 Å². The van der Waals surface area contributed by atoms with E-state index in [1.165, 1.54) is 11.1 Å². The lowest BCUT2D eigenvalue weighted by Crippen LogP contribution is -1.96. The number of rotatable bonds is 8. The molecule has 3 aromatic carbocycles. The van der Waals surface area contributed by atoms with Gasteiger partial charge in [-0.05, 0) is 11.1 Å². The maximum atomic E-state index is 4.40. The molecule has 0 aliphatic carbocycles. The standard InChI is InChI=1S/C26H24N6S2/c1-31-23(21-12-5-3-6-13-21)27-29-25(31)33-17-19-10-9-11-20(16-19)18-34-26-30-28-24(32(26)2)22-14-7-4-8-15-22/h3-16H,17-18H2,1-2H3. The molecule has 2 heterocycles. The van der Waals surface area contributed by atoms with Gasteiger partial charge in [0.1, 0.15) is 0 Å². The Morgan fingerprint density at radius 1 is 0.559 bits per heavy atom. The second-order valence-corrected chi connectivity index (χ2v) is 9.74. The first-order valence-corrected chi connectivity index (χ1v) is 12.9. The molecule has 0 bridgehead atoms. The maximum Gasteiger partial charge on any atom is 0.191 e. The van der Waals surface area contributed by atoms with Gasteiger partial charge in [0.05, 0.1) is 0 Å². The number of hydrogen-bond donors (Lipinski definition) is 0. The molecule has 34 heavy (non-hydrogen) atoms. The first kappa shape index (κ1) is 22.4. The molecule has 8 heteroatoms. The third-order valence-electron chi connectivity index (χ3n) is 5.46. The second-order valence-electron chi connectivity index (χ2n) is 7.86. The molecule has 0 N–H and O–H groups in total. The fourth-order valence-corrected chi connectivity index (χ4v) is 5.37. The van der Waals surface area contributed by atoms with E-state index in [1.54, 1.807) is 23.5 Å². The van der Waals surface area contributed by atoms with Crippen molar-refractivity contribution in [3.8, 4) is 22.8 Å². The molecule has 0 spiro atoms. The van der Waals surface area contributed by atoms with Gasteiger partial charge in [0, 0.05) is 36.7 Å². The van der Waals surface area contributed by atoms with Crippen molar-refractivity contribution in [3.63, 3.8) is 0 Å². The van der Waals surface area contributed by atoms with Gasteiger partial charge in [-0.15, -0.1) is 20.4 Å². The molecule has 0 amide bonds. The van der Waals surface area contributed by atoms with E-state index >= 15 is 0 Å². The summed E-state index contributed by atoms with van der Waals surface area (Å²) in [7, 11) is 4.03. The number of aromatic nitrogens is 6.